The number of aryl methyl sites for hydroxylation is 1. The summed E-state index contributed by atoms with van der Waals surface area (Å²) in [5, 5.41) is 1.13. The van der Waals surface area contributed by atoms with E-state index in [0.29, 0.717) is 18.0 Å². The van der Waals surface area contributed by atoms with Crippen LogP contribution < -0.4 is 9.80 Å². The first-order valence-corrected chi connectivity index (χ1v) is 10.7. The van der Waals surface area contributed by atoms with E-state index in [1.165, 1.54) is 32.1 Å². The molecular weight excluding hydrogens is 344 g/mol. The second-order valence-electron chi connectivity index (χ2n) is 7.94. The third kappa shape index (κ3) is 3.17. The van der Waals surface area contributed by atoms with Crippen molar-refractivity contribution in [1.29, 1.82) is 0 Å². The van der Waals surface area contributed by atoms with Crippen molar-refractivity contribution < 1.29 is 0 Å². The molecule has 7 heteroatoms. The van der Waals surface area contributed by atoms with Crippen molar-refractivity contribution in [2.75, 3.05) is 22.9 Å². The van der Waals surface area contributed by atoms with E-state index in [2.05, 4.69) is 30.2 Å². The minimum Gasteiger partial charge on any atom is -0.350 e. The Labute approximate surface area is 158 Å². The summed E-state index contributed by atoms with van der Waals surface area (Å²) < 4.78 is 4.62. The molecule has 1 saturated heterocycles. The second-order valence-corrected chi connectivity index (χ2v) is 8.67. The van der Waals surface area contributed by atoms with Crippen LogP contribution in [0.15, 0.2) is 12.4 Å². The average Bonchev–Trinajstić information content (AvgIpc) is 3.32. The molecule has 0 unspecified atom stereocenters. The summed E-state index contributed by atoms with van der Waals surface area (Å²) in [5.41, 5.74) is 1.05. The van der Waals surface area contributed by atoms with E-state index < -0.39 is 0 Å². The molecule has 1 aliphatic heterocycles. The first-order valence-electron chi connectivity index (χ1n) is 9.93. The Bertz CT molecular complexity index is 761. The van der Waals surface area contributed by atoms with Crippen molar-refractivity contribution in [3.05, 3.63) is 23.9 Å². The highest BCUT2D eigenvalue weighted by molar-refractivity contribution is 7.09. The zero-order valence-electron chi connectivity index (χ0n) is 15.3. The molecule has 26 heavy (non-hydrogen) atoms. The number of hydrogen-bond acceptors (Lipinski definition) is 7. The summed E-state index contributed by atoms with van der Waals surface area (Å²) in [6.45, 7) is 4.18. The third-order valence-corrected chi connectivity index (χ3v) is 6.82. The van der Waals surface area contributed by atoms with Crippen molar-refractivity contribution in [2.24, 2.45) is 0 Å². The summed E-state index contributed by atoms with van der Waals surface area (Å²) in [7, 11) is 0. The molecule has 0 bridgehead atoms. The van der Waals surface area contributed by atoms with Gasteiger partial charge in [0.05, 0.1) is 0 Å². The topological polar surface area (TPSA) is 58.0 Å². The van der Waals surface area contributed by atoms with Crippen LogP contribution in [0.3, 0.4) is 0 Å². The highest BCUT2D eigenvalue weighted by Gasteiger charge is 2.37. The largest absolute Gasteiger partial charge is 0.350 e. The lowest BCUT2D eigenvalue weighted by Gasteiger charge is -2.39. The second kappa shape index (κ2) is 6.76. The molecule has 6 nitrogen and oxygen atoms in total. The maximum absolute atomic E-state index is 4.84. The van der Waals surface area contributed by atoms with Gasteiger partial charge in [-0.2, -0.15) is 4.37 Å². The lowest BCUT2D eigenvalue weighted by atomic mass is 9.85. The summed E-state index contributed by atoms with van der Waals surface area (Å²) >= 11 is 1.59. The van der Waals surface area contributed by atoms with Crippen LogP contribution in [0.25, 0.3) is 0 Å². The van der Waals surface area contributed by atoms with Crippen LogP contribution in [0.1, 0.15) is 62.4 Å². The van der Waals surface area contributed by atoms with Crippen molar-refractivity contribution >= 4 is 22.5 Å². The molecule has 0 spiro atoms. The smallest absolute Gasteiger partial charge is 0.205 e. The lowest BCUT2D eigenvalue weighted by molar-refractivity contribution is 0.404. The molecule has 0 radical (unpaired) electrons. The van der Waals surface area contributed by atoms with Crippen LogP contribution >= 0.6 is 11.5 Å². The van der Waals surface area contributed by atoms with Gasteiger partial charge in [0.15, 0.2) is 0 Å². The van der Waals surface area contributed by atoms with Gasteiger partial charge in [-0.05, 0) is 45.4 Å². The van der Waals surface area contributed by atoms with E-state index >= 15 is 0 Å². The van der Waals surface area contributed by atoms with E-state index in [9.17, 15) is 0 Å². The van der Waals surface area contributed by atoms with Gasteiger partial charge in [0.1, 0.15) is 18.0 Å². The van der Waals surface area contributed by atoms with Gasteiger partial charge in [-0.15, -0.1) is 0 Å². The standard InChI is InChI=1S/C19H26N6S/c1-13-11-17(21-12-20-13)25(15-5-6-15)16-7-9-24(10-8-16)19-22-18(23-26-19)14-3-2-4-14/h11-12,14-16H,2-10H2,1H3. The fourth-order valence-electron chi connectivity index (χ4n) is 4.13. The minimum absolute atomic E-state index is 0.576. The fraction of sp³-hybridized carbons (Fsp3) is 0.684. The van der Waals surface area contributed by atoms with E-state index in [1.54, 1.807) is 17.9 Å². The number of hydrogen-bond donors (Lipinski definition) is 0. The minimum atomic E-state index is 0.576. The number of piperidine rings is 1. The third-order valence-electron chi connectivity index (χ3n) is 6.02. The van der Waals surface area contributed by atoms with Gasteiger partial charge in [0.25, 0.3) is 0 Å². The monoisotopic (exact) mass is 370 g/mol. The molecule has 3 fully saturated rings. The first-order chi connectivity index (χ1) is 12.8. The Balaban J connectivity index is 1.26. The normalized spacial score (nSPS) is 21.7. The molecule has 2 aliphatic carbocycles. The predicted molar refractivity (Wildman–Crippen MR) is 104 cm³/mol. The van der Waals surface area contributed by atoms with Crippen molar-refractivity contribution in [3.8, 4) is 0 Å². The fourth-order valence-corrected chi connectivity index (χ4v) is 4.93. The number of nitrogens with zero attached hydrogens (tertiary/aromatic N) is 6. The van der Waals surface area contributed by atoms with Gasteiger partial charge >= 0.3 is 0 Å². The van der Waals surface area contributed by atoms with Gasteiger partial charge in [0, 0.05) is 54.4 Å². The highest BCUT2D eigenvalue weighted by atomic mass is 32.1. The first kappa shape index (κ1) is 16.4. The molecule has 0 N–H and O–H groups in total. The number of aromatic nitrogens is 4. The van der Waals surface area contributed by atoms with Crippen LogP contribution in [0.2, 0.25) is 0 Å². The van der Waals surface area contributed by atoms with Gasteiger partial charge < -0.3 is 9.80 Å². The lowest BCUT2D eigenvalue weighted by Crippen LogP contribution is -2.46. The van der Waals surface area contributed by atoms with Gasteiger partial charge in [-0.25, -0.2) is 15.0 Å². The Kier molecular flexibility index (Phi) is 4.27. The predicted octanol–water partition coefficient (Wildman–Crippen LogP) is 3.54. The molecular formula is C19H26N6S. The van der Waals surface area contributed by atoms with Crippen LogP contribution in [-0.2, 0) is 0 Å². The van der Waals surface area contributed by atoms with E-state index in [-0.39, 0.29) is 0 Å². The zero-order chi connectivity index (χ0) is 17.5. The quantitative estimate of drug-likeness (QED) is 0.802. The zero-order valence-corrected chi connectivity index (χ0v) is 16.2. The van der Waals surface area contributed by atoms with Crippen molar-refractivity contribution in [1.82, 2.24) is 19.3 Å². The SMILES string of the molecule is Cc1cc(N(C2CC2)C2CCN(c3nc(C4CCC4)ns3)CC2)ncn1. The van der Waals surface area contributed by atoms with Crippen molar-refractivity contribution in [3.63, 3.8) is 0 Å². The molecule has 138 valence electrons. The summed E-state index contributed by atoms with van der Waals surface area (Å²) in [4.78, 5) is 18.7. The van der Waals surface area contributed by atoms with Gasteiger partial charge in [0.2, 0.25) is 5.13 Å². The average molecular weight is 371 g/mol. The molecule has 2 aromatic heterocycles. The summed E-state index contributed by atoms with van der Waals surface area (Å²) in [5.74, 6) is 2.83. The Morgan fingerprint density at radius 3 is 2.46 bits per heavy atom. The van der Waals surface area contributed by atoms with Gasteiger partial charge in [-0.3, -0.25) is 0 Å². The molecule has 3 heterocycles. The molecule has 2 saturated carbocycles. The van der Waals surface area contributed by atoms with Crippen molar-refractivity contribution in [2.45, 2.75) is 69.9 Å². The van der Waals surface area contributed by atoms with Crippen LogP contribution in [0.5, 0.6) is 0 Å². The van der Waals surface area contributed by atoms with E-state index in [4.69, 9.17) is 4.98 Å². The van der Waals surface area contributed by atoms with E-state index in [1.807, 2.05) is 6.92 Å². The Morgan fingerprint density at radius 1 is 1.04 bits per heavy atom. The summed E-state index contributed by atoms with van der Waals surface area (Å²) in [6.07, 6.45) is 10.5. The van der Waals surface area contributed by atoms with E-state index in [0.717, 1.165) is 48.4 Å². The molecule has 0 atom stereocenters. The highest BCUT2D eigenvalue weighted by Crippen LogP contribution is 2.38. The van der Waals surface area contributed by atoms with Crippen LogP contribution in [-0.4, -0.2) is 44.5 Å². The molecule has 0 aromatic carbocycles. The Hall–Kier alpha value is -1.76. The maximum Gasteiger partial charge on any atom is 0.205 e. The molecule has 5 rings (SSSR count). The number of rotatable bonds is 5. The van der Waals surface area contributed by atoms with Gasteiger partial charge in [-0.1, -0.05) is 6.42 Å². The molecule has 3 aliphatic rings. The number of anilines is 2. The maximum atomic E-state index is 4.84. The Morgan fingerprint density at radius 2 is 1.81 bits per heavy atom. The summed E-state index contributed by atoms with van der Waals surface area (Å²) in [6, 6.07) is 3.39. The van der Waals surface area contributed by atoms with Crippen LogP contribution in [0, 0.1) is 6.92 Å². The van der Waals surface area contributed by atoms with Crippen LogP contribution in [0.4, 0.5) is 10.9 Å². The molecule has 0 amide bonds. The molecule has 2 aromatic rings.